The quantitative estimate of drug-likeness (QED) is 0.768. The van der Waals surface area contributed by atoms with Crippen LogP contribution in [-0.2, 0) is 6.54 Å². The van der Waals surface area contributed by atoms with Crippen LogP contribution in [0.3, 0.4) is 0 Å². The van der Waals surface area contributed by atoms with Crippen LogP contribution in [0.2, 0.25) is 0 Å². The molecule has 1 aromatic heterocycles. The van der Waals surface area contributed by atoms with Gasteiger partial charge in [0.1, 0.15) is 5.82 Å². The number of rotatable bonds is 7. The fraction of sp³-hybridized carbons (Fsp3) is 0.389. The standard InChI is InChI=1S/C18H23N5O/c1-14(17-7-5-16(13-19)6-8-17)22-18(24)21-9-3-4-11-23-12-10-20-15(23)2/h5-8,10,12,14H,3-4,9,11H2,1-2H3,(H2,21,22,24)/t14-/m1/s1. The van der Waals surface area contributed by atoms with Crippen LogP contribution in [-0.4, -0.2) is 22.1 Å². The smallest absolute Gasteiger partial charge is 0.315 e. The van der Waals surface area contributed by atoms with Gasteiger partial charge >= 0.3 is 6.03 Å². The number of nitrogens with zero attached hydrogens (tertiary/aromatic N) is 3. The molecule has 0 saturated carbocycles. The number of hydrogen-bond acceptors (Lipinski definition) is 3. The lowest BCUT2D eigenvalue weighted by molar-refractivity contribution is 0.237. The van der Waals surface area contributed by atoms with E-state index < -0.39 is 0 Å². The van der Waals surface area contributed by atoms with Crippen molar-refractivity contribution in [2.45, 2.75) is 39.3 Å². The van der Waals surface area contributed by atoms with Gasteiger partial charge in [0.05, 0.1) is 17.7 Å². The lowest BCUT2D eigenvalue weighted by atomic mass is 10.1. The van der Waals surface area contributed by atoms with Crippen LogP contribution in [0.5, 0.6) is 0 Å². The van der Waals surface area contributed by atoms with E-state index in [-0.39, 0.29) is 12.1 Å². The maximum atomic E-state index is 11.9. The number of benzene rings is 1. The van der Waals surface area contributed by atoms with E-state index in [0.29, 0.717) is 12.1 Å². The summed E-state index contributed by atoms with van der Waals surface area (Å²) in [6.45, 7) is 5.45. The predicted molar refractivity (Wildman–Crippen MR) is 92.3 cm³/mol. The number of hydrogen-bond donors (Lipinski definition) is 2. The van der Waals surface area contributed by atoms with Gasteiger partial charge in [-0.3, -0.25) is 0 Å². The second-order valence-electron chi connectivity index (χ2n) is 5.73. The summed E-state index contributed by atoms with van der Waals surface area (Å²) in [4.78, 5) is 16.1. The number of aryl methyl sites for hydroxylation is 2. The minimum absolute atomic E-state index is 0.105. The van der Waals surface area contributed by atoms with Crippen molar-refractivity contribution in [2.75, 3.05) is 6.54 Å². The molecule has 1 atom stereocenters. The molecule has 2 aromatic rings. The zero-order valence-electron chi connectivity index (χ0n) is 14.1. The van der Waals surface area contributed by atoms with Crippen molar-refractivity contribution < 1.29 is 4.79 Å². The number of carbonyl (C=O) groups is 1. The molecule has 0 fully saturated rings. The Labute approximate surface area is 142 Å². The van der Waals surface area contributed by atoms with Crippen LogP contribution in [0, 0.1) is 18.3 Å². The van der Waals surface area contributed by atoms with Crippen LogP contribution in [0.1, 0.15) is 42.8 Å². The Morgan fingerprint density at radius 3 is 2.71 bits per heavy atom. The first-order chi connectivity index (χ1) is 11.6. The van der Waals surface area contributed by atoms with Gasteiger partial charge in [0.2, 0.25) is 0 Å². The van der Waals surface area contributed by atoms with Gasteiger partial charge in [-0.15, -0.1) is 0 Å². The van der Waals surface area contributed by atoms with E-state index >= 15 is 0 Å². The first-order valence-corrected chi connectivity index (χ1v) is 8.12. The average Bonchev–Trinajstić information content (AvgIpc) is 2.99. The van der Waals surface area contributed by atoms with Gasteiger partial charge in [0, 0.05) is 25.5 Å². The summed E-state index contributed by atoms with van der Waals surface area (Å²) in [6.07, 6.45) is 5.67. The summed E-state index contributed by atoms with van der Waals surface area (Å²) >= 11 is 0. The molecule has 0 unspecified atom stereocenters. The number of carbonyl (C=O) groups excluding carboxylic acids is 1. The summed E-state index contributed by atoms with van der Waals surface area (Å²) in [6, 6.07) is 9.02. The van der Waals surface area contributed by atoms with Crippen molar-refractivity contribution in [3.8, 4) is 6.07 Å². The Hall–Kier alpha value is -2.81. The zero-order chi connectivity index (χ0) is 17.4. The molecule has 0 saturated heterocycles. The van der Waals surface area contributed by atoms with Gasteiger partial charge in [0.15, 0.2) is 0 Å². The van der Waals surface area contributed by atoms with Crippen molar-refractivity contribution in [1.29, 1.82) is 5.26 Å². The molecular weight excluding hydrogens is 302 g/mol. The topological polar surface area (TPSA) is 82.7 Å². The molecule has 0 aliphatic rings. The van der Waals surface area contributed by atoms with Crippen LogP contribution in [0.4, 0.5) is 4.79 Å². The second-order valence-corrected chi connectivity index (χ2v) is 5.73. The van der Waals surface area contributed by atoms with E-state index in [9.17, 15) is 4.79 Å². The zero-order valence-corrected chi connectivity index (χ0v) is 14.1. The van der Waals surface area contributed by atoms with Gasteiger partial charge in [-0.05, 0) is 44.4 Å². The predicted octanol–water partition coefficient (Wildman–Crippen LogP) is 2.90. The largest absolute Gasteiger partial charge is 0.338 e. The summed E-state index contributed by atoms with van der Waals surface area (Å²) in [5.74, 6) is 1.01. The number of amides is 2. The molecule has 0 aliphatic carbocycles. The number of imidazole rings is 1. The third kappa shape index (κ3) is 5.13. The molecule has 2 rings (SSSR count). The highest BCUT2D eigenvalue weighted by Gasteiger charge is 2.08. The minimum atomic E-state index is -0.175. The second kappa shape index (κ2) is 8.73. The summed E-state index contributed by atoms with van der Waals surface area (Å²) in [5, 5.41) is 14.6. The van der Waals surface area contributed by atoms with Crippen LogP contribution >= 0.6 is 0 Å². The Morgan fingerprint density at radius 1 is 1.33 bits per heavy atom. The van der Waals surface area contributed by atoms with Crippen LogP contribution in [0.25, 0.3) is 0 Å². The first-order valence-electron chi connectivity index (χ1n) is 8.12. The van der Waals surface area contributed by atoms with Gasteiger partial charge < -0.3 is 15.2 Å². The molecule has 0 spiro atoms. The molecule has 0 bridgehead atoms. The third-order valence-electron chi connectivity index (χ3n) is 3.92. The highest BCUT2D eigenvalue weighted by Crippen LogP contribution is 2.12. The van der Waals surface area contributed by atoms with E-state index in [4.69, 9.17) is 5.26 Å². The fourth-order valence-electron chi connectivity index (χ4n) is 2.43. The maximum Gasteiger partial charge on any atom is 0.315 e. The van der Waals surface area contributed by atoms with E-state index in [1.54, 1.807) is 18.3 Å². The van der Waals surface area contributed by atoms with Gasteiger partial charge in [-0.1, -0.05) is 12.1 Å². The number of urea groups is 1. The van der Waals surface area contributed by atoms with Crippen LogP contribution in [0.15, 0.2) is 36.7 Å². The number of aromatic nitrogens is 2. The Bertz CT molecular complexity index is 699. The van der Waals surface area contributed by atoms with Crippen molar-refractivity contribution in [2.24, 2.45) is 0 Å². The fourth-order valence-corrected chi connectivity index (χ4v) is 2.43. The molecular formula is C18H23N5O. The lowest BCUT2D eigenvalue weighted by Crippen LogP contribution is -2.37. The van der Waals surface area contributed by atoms with Gasteiger partial charge in [-0.25, -0.2) is 9.78 Å². The molecule has 1 heterocycles. The van der Waals surface area contributed by atoms with Crippen LogP contribution < -0.4 is 10.6 Å². The highest BCUT2D eigenvalue weighted by atomic mass is 16.2. The Morgan fingerprint density at radius 2 is 2.08 bits per heavy atom. The number of nitriles is 1. The lowest BCUT2D eigenvalue weighted by Gasteiger charge is -2.15. The number of unbranched alkanes of at least 4 members (excludes halogenated alkanes) is 1. The molecule has 6 heteroatoms. The molecule has 24 heavy (non-hydrogen) atoms. The van der Waals surface area contributed by atoms with Gasteiger partial charge in [0.25, 0.3) is 0 Å². The van der Waals surface area contributed by atoms with Crippen molar-refractivity contribution in [1.82, 2.24) is 20.2 Å². The third-order valence-corrected chi connectivity index (χ3v) is 3.92. The minimum Gasteiger partial charge on any atom is -0.338 e. The average molecular weight is 325 g/mol. The molecule has 126 valence electrons. The summed E-state index contributed by atoms with van der Waals surface area (Å²) in [5.41, 5.74) is 1.59. The van der Waals surface area contributed by atoms with E-state index in [1.807, 2.05) is 32.2 Å². The van der Waals surface area contributed by atoms with Crippen molar-refractivity contribution >= 4 is 6.03 Å². The summed E-state index contributed by atoms with van der Waals surface area (Å²) < 4.78 is 2.10. The Kier molecular flexibility index (Phi) is 6.38. The summed E-state index contributed by atoms with van der Waals surface area (Å²) in [7, 11) is 0. The first kappa shape index (κ1) is 17.5. The molecule has 2 amide bonds. The Balaban J connectivity index is 1.65. The molecule has 1 aromatic carbocycles. The maximum absolute atomic E-state index is 11.9. The SMILES string of the molecule is Cc1nccn1CCCCNC(=O)N[C@H](C)c1ccc(C#N)cc1. The molecule has 2 N–H and O–H groups in total. The van der Waals surface area contributed by atoms with E-state index in [2.05, 4.69) is 26.3 Å². The number of nitrogens with one attached hydrogen (secondary N) is 2. The normalized spacial score (nSPS) is 11.5. The van der Waals surface area contributed by atoms with E-state index in [1.165, 1.54) is 0 Å². The highest BCUT2D eigenvalue weighted by molar-refractivity contribution is 5.74. The molecule has 6 nitrogen and oxygen atoms in total. The molecule has 0 aliphatic heterocycles. The molecule has 0 radical (unpaired) electrons. The van der Waals surface area contributed by atoms with Crippen molar-refractivity contribution in [3.05, 3.63) is 53.6 Å². The monoisotopic (exact) mass is 325 g/mol. The van der Waals surface area contributed by atoms with Crippen molar-refractivity contribution in [3.63, 3.8) is 0 Å². The van der Waals surface area contributed by atoms with E-state index in [0.717, 1.165) is 30.8 Å². The van der Waals surface area contributed by atoms with Gasteiger partial charge in [-0.2, -0.15) is 5.26 Å².